The van der Waals surface area contributed by atoms with Gasteiger partial charge in [-0.05, 0) is 37.5 Å². The standard InChI is InChI=1S/C17H28N4O2/c1-4-23-12-6-5-11-20-17(19-3)21-13-14-7-9-15(10-8-14)16(22)18-2/h7-10H,4-6,11-13H2,1-3H3,(H,18,22)(H2,19,20,21). The predicted molar refractivity (Wildman–Crippen MR) is 93.8 cm³/mol. The van der Waals surface area contributed by atoms with Crippen LogP contribution in [0.15, 0.2) is 29.3 Å². The van der Waals surface area contributed by atoms with Gasteiger partial charge in [-0.1, -0.05) is 12.1 Å². The number of carbonyl (C=O) groups is 1. The Labute approximate surface area is 138 Å². The van der Waals surface area contributed by atoms with Crippen LogP contribution < -0.4 is 16.0 Å². The molecule has 23 heavy (non-hydrogen) atoms. The second kappa shape index (κ2) is 11.5. The molecule has 1 amide bonds. The summed E-state index contributed by atoms with van der Waals surface area (Å²) in [6, 6.07) is 7.51. The molecule has 1 rings (SSSR count). The van der Waals surface area contributed by atoms with Crippen molar-refractivity contribution in [3.63, 3.8) is 0 Å². The molecule has 0 aliphatic carbocycles. The number of hydrogen-bond donors (Lipinski definition) is 3. The van der Waals surface area contributed by atoms with Crippen molar-refractivity contribution in [2.75, 3.05) is 33.9 Å². The van der Waals surface area contributed by atoms with Crippen molar-refractivity contribution >= 4 is 11.9 Å². The van der Waals surface area contributed by atoms with Crippen LogP contribution in [0.25, 0.3) is 0 Å². The first-order chi connectivity index (χ1) is 11.2. The zero-order valence-electron chi connectivity index (χ0n) is 14.3. The van der Waals surface area contributed by atoms with Gasteiger partial charge in [0.1, 0.15) is 0 Å². The Hall–Kier alpha value is -2.08. The van der Waals surface area contributed by atoms with Gasteiger partial charge in [-0.15, -0.1) is 0 Å². The molecule has 0 saturated carbocycles. The van der Waals surface area contributed by atoms with E-state index in [0.717, 1.165) is 44.1 Å². The van der Waals surface area contributed by atoms with Gasteiger partial charge in [-0.3, -0.25) is 9.79 Å². The first-order valence-corrected chi connectivity index (χ1v) is 8.04. The van der Waals surface area contributed by atoms with Crippen LogP contribution in [-0.2, 0) is 11.3 Å². The molecule has 0 fully saturated rings. The Morgan fingerprint density at radius 1 is 1.17 bits per heavy atom. The lowest BCUT2D eigenvalue weighted by atomic mass is 10.1. The third-order valence-corrected chi connectivity index (χ3v) is 3.34. The number of guanidine groups is 1. The van der Waals surface area contributed by atoms with Crippen LogP contribution in [0, 0.1) is 0 Å². The number of benzene rings is 1. The molecule has 128 valence electrons. The van der Waals surface area contributed by atoms with E-state index in [4.69, 9.17) is 4.74 Å². The maximum atomic E-state index is 11.5. The number of nitrogens with one attached hydrogen (secondary N) is 3. The summed E-state index contributed by atoms with van der Waals surface area (Å²) < 4.78 is 5.30. The summed E-state index contributed by atoms with van der Waals surface area (Å²) in [5.74, 6) is 0.700. The van der Waals surface area contributed by atoms with Gasteiger partial charge >= 0.3 is 0 Å². The van der Waals surface area contributed by atoms with Crippen molar-refractivity contribution in [3.05, 3.63) is 35.4 Å². The maximum Gasteiger partial charge on any atom is 0.251 e. The zero-order chi connectivity index (χ0) is 16.9. The quantitative estimate of drug-likeness (QED) is 0.366. The Balaban J connectivity index is 2.30. The first-order valence-electron chi connectivity index (χ1n) is 8.04. The minimum atomic E-state index is -0.0750. The van der Waals surface area contributed by atoms with Crippen molar-refractivity contribution in [3.8, 4) is 0 Å². The highest BCUT2D eigenvalue weighted by molar-refractivity contribution is 5.93. The number of nitrogens with zero attached hydrogens (tertiary/aromatic N) is 1. The summed E-state index contributed by atoms with van der Waals surface area (Å²) in [7, 11) is 3.38. The molecule has 0 heterocycles. The third-order valence-electron chi connectivity index (χ3n) is 3.34. The van der Waals surface area contributed by atoms with Crippen LogP contribution in [0.1, 0.15) is 35.7 Å². The molecule has 0 saturated heterocycles. The van der Waals surface area contributed by atoms with Crippen molar-refractivity contribution in [1.82, 2.24) is 16.0 Å². The van der Waals surface area contributed by atoms with Gasteiger partial charge in [0.15, 0.2) is 5.96 Å². The SMILES string of the molecule is CCOCCCCNC(=NC)NCc1ccc(C(=O)NC)cc1. The molecule has 0 aliphatic rings. The summed E-state index contributed by atoms with van der Waals surface area (Å²) in [6.45, 7) is 5.11. The van der Waals surface area contributed by atoms with Gasteiger partial charge in [0.25, 0.3) is 5.91 Å². The molecule has 0 radical (unpaired) electrons. The fourth-order valence-electron chi connectivity index (χ4n) is 2.00. The van der Waals surface area contributed by atoms with Crippen molar-refractivity contribution in [1.29, 1.82) is 0 Å². The number of ether oxygens (including phenoxy) is 1. The molecule has 0 atom stereocenters. The number of rotatable bonds is 9. The molecule has 3 N–H and O–H groups in total. The Bertz CT molecular complexity index is 486. The van der Waals surface area contributed by atoms with E-state index in [2.05, 4.69) is 20.9 Å². The van der Waals surface area contributed by atoms with Crippen LogP contribution >= 0.6 is 0 Å². The van der Waals surface area contributed by atoms with Gasteiger partial charge < -0.3 is 20.7 Å². The minimum Gasteiger partial charge on any atom is -0.382 e. The Morgan fingerprint density at radius 3 is 2.52 bits per heavy atom. The molecule has 1 aromatic rings. The third kappa shape index (κ3) is 7.65. The van der Waals surface area contributed by atoms with E-state index in [-0.39, 0.29) is 5.91 Å². The largest absolute Gasteiger partial charge is 0.382 e. The zero-order valence-corrected chi connectivity index (χ0v) is 14.3. The second-order valence-corrected chi connectivity index (χ2v) is 5.03. The molecule has 0 aromatic heterocycles. The van der Waals surface area contributed by atoms with Gasteiger partial charge in [0, 0.05) is 46.0 Å². The lowest BCUT2D eigenvalue weighted by Crippen LogP contribution is -2.37. The first kappa shape index (κ1) is 19.0. The van der Waals surface area contributed by atoms with Gasteiger partial charge in [-0.2, -0.15) is 0 Å². The van der Waals surface area contributed by atoms with Crippen LogP contribution in [0.5, 0.6) is 0 Å². The lowest BCUT2D eigenvalue weighted by molar-refractivity contribution is 0.0963. The normalized spacial score (nSPS) is 11.2. The molecule has 0 aliphatic heterocycles. The number of aliphatic imine (C=N–C) groups is 1. The van der Waals surface area contributed by atoms with E-state index in [0.29, 0.717) is 12.1 Å². The van der Waals surface area contributed by atoms with Gasteiger partial charge in [-0.25, -0.2) is 0 Å². The van der Waals surface area contributed by atoms with Gasteiger partial charge in [0.05, 0.1) is 0 Å². The predicted octanol–water partition coefficient (Wildman–Crippen LogP) is 1.53. The highest BCUT2D eigenvalue weighted by Crippen LogP contribution is 2.04. The molecular formula is C17H28N4O2. The van der Waals surface area contributed by atoms with E-state index < -0.39 is 0 Å². The lowest BCUT2D eigenvalue weighted by Gasteiger charge is -2.12. The molecule has 6 heteroatoms. The fourth-order valence-corrected chi connectivity index (χ4v) is 2.00. The summed E-state index contributed by atoms with van der Waals surface area (Å²) >= 11 is 0. The number of carbonyl (C=O) groups excluding carboxylic acids is 1. The molecule has 6 nitrogen and oxygen atoms in total. The van der Waals surface area contributed by atoms with Crippen LogP contribution in [0.4, 0.5) is 0 Å². The van der Waals surface area contributed by atoms with Crippen LogP contribution in [-0.4, -0.2) is 45.7 Å². The van der Waals surface area contributed by atoms with E-state index in [9.17, 15) is 4.79 Å². The van der Waals surface area contributed by atoms with Crippen molar-refractivity contribution < 1.29 is 9.53 Å². The average molecular weight is 320 g/mol. The second-order valence-electron chi connectivity index (χ2n) is 5.03. The topological polar surface area (TPSA) is 74.8 Å². The molecule has 0 spiro atoms. The Morgan fingerprint density at radius 2 is 1.91 bits per heavy atom. The van der Waals surface area contributed by atoms with Crippen LogP contribution in [0.2, 0.25) is 0 Å². The van der Waals surface area contributed by atoms with E-state index in [1.165, 1.54) is 0 Å². The molecule has 0 unspecified atom stereocenters. The van der Waals surface area contributed by atoms with Gasteiger partial charge in [0.2, 0.25) is 0 Å². The maximum absolute atomic E-state index is 11.5. The fraction of sp³-hybridized carbons (Fsp3) is 0.529. The summed E-state index contributed by atoms with van der Waals surface area (Å²) in [6.07, 6.45) is 2.08. The number of hydrogen-bond acceptors (Lipinski definition) is 3. The van der Waals surface area contributed by atoms with E-state index in [1.807, 2.05) is 31.2 Å². The van der Waals surface area contributed by atoms with E-state index >= 15 is 0 Å². The van der Waals surface area contributed by atoms with Crippen LogP contribution in [0.3, 0.4) is 0 Å². The molecule has 0 bridgehead atoms. The number of amides is 1. The molecule has 1 aromatic carbocycles. The summed E-state index contributed by atoms with van der Waals surface area (Å²) in [5.41, 5.74) is 1.75. The highest BCUT2D eigenvalue weighted by Gasteiger charge is 2.03. The molecular weight excluding hydrogens is 292 g/mol. The Kier molecular flexibility index (Phi) is 9.47. The summed E-state index contributed by atoms with van der Waals surface area (Å²) in [5, 5.41) is 9.14. The van der Waals surface area contributed by atoms with E-state index in [1.54, 1.807) is 14.1 Å². The summed E-state index contributed by atoms with van der Waals surface area (Å²) in [4.78, 5) is 15.7. The van der Waals surface area contributed by atoms with Crippen molar-refractivity contribution in [2.24, 2.45) is 4.99 Å². The van der Waals surface area contributed by atoms with Crippen molar-refractivity contribution in [2.45, 2.75) is 26.3 Å². The smallest absolute Gasteiger partial charge is 0.251 e. The number of unbranched alkanes of at least 4 members (excludes halogenated alkanes) is 1. The minimum absolute atomic E-state index is 0.0750. The highest BCUT2D eigenvalue weighted by atomic mass is 16.5. The monoisotopic (exact) mass is 320 g/mol. The average Bonchev–Trinajstić information content (AvgIpc) is 2.60.